The van der Waals surface area contributed by atoms with Gasteiger partial charge in [0.1, 0.15) is 17.7 Å². The number of esters is 1. The zero-order valence-corrected chi connectivity index (χ0v) is 21.7. The van der Waals surface area contributed by atoms with E-state index in [9.17, 15) is 37.1 Å². The van der Waals surface area contributed by atoms with Crippen molar-refractivity contribution in [2.45, 2.75) is 19.1 Å². The summed E-state index contributed by atoms with van der Waals surface area (Å²) in [6, 6.07) is 5.07. The van der Waals surface area contributed by atoms with E-state index in [4.69, 9.17) is 10.5 Å². The Kier molecular flexibility index (Phi) is 8.56. The predicted molar refractivity (Wildman–Crippen MR) is 142 cm³/mol. The van der Waals surface area contributed by atoms with Crippen molar-refractivity contribution in [1.82, 2.24) is 19.9 Å². The van der Waals surface area contributed by atoms with E-state index < -0.39 is 53.8 Å². The molecule has 220 valence electrons. The minimum absolute atomic E-state index is 0.0171. The van der Waals surface area contributed by atoms with Gasteiger partial charge in [0, 0.05) is 17.4 Å². The maximum atomic E-state index is 14.0. The van der Waals surface area contributed by atoms with Crippen LogP contribution in [0.4, 0.5) is 39.5 Å². The van der Waals surface area contributed by atoms with Gasteiger partial charge in [0.15, 0.2) is 11.9 Å². The fourth-order valence-electron chi connectivity index (χ4n) is 3.96. The molecule has 4 rings (SSSR count). The van der Waals surface area contributed by atoms with Crippen LogP contribution in [-0.4, -0.2) is 56.9 Å². The Morgan fingerprint density at radius 3 is 2.48 bits per heavy atom. The number of rotatable bonds is 8. The number of nitrogens with two attached hydrogens (primary N) is 1. The number of aliphatic hydroxyl groups excluding tert-OH is 1. The van der Waals surface area contributed by atoms with Gasteiger partial charge in [-0.25, -0.2) is 23.5 Å². The number of nitrogens with zero attached hydrogens (tertiary/aromatic N) is 3. The fourth-order valence-corrected chi connectivity index (χ4v) is 3.96. The summed E-state index contributed by atoms with van der Waals surface area (Å²) in [7, 11) is 0. The molecule has 3 amide bonds. The van der Waals surface area contributed by atoms with Crippen LogP contribution < -0.4 is 21.7 Å². The normalized spacial score (nSPS) is 12.0. The molecule has 42 heavy (non-hydrogen) atoms. The van der Waals surface area contributed by atoms with Gasteiger partial charge < -0.3 is 31.5 Å². The van der Waals surface area contributed by atoms with Gasteiger partial charge in [-0.2, -0.15) is 18.3 Å². The number of hydrogen-bond donors (Lipinski definition) is 5. The Balaban J connectivity index is 1.60. The van der Waals surface area contributed by atoms with Gasteiger partial charge >= 0.3 is 18.2 Å². The summed E-state index contributed by atoms with van der Waals surface area (Å²) in [5.41, 5.74) is 5.34. The summed E-state index contributed by atoms with van der Waals surface area (Å²) in [5, 5.41) is 20.5. The molecule has 0 saturated heterocycles. The number of nitrogen functional groups attached to an aromatic ring is 1. The quantitative estimate of drug-likeness (QED) is 0.154. The number of alkyl halides is 3. The minimum Gasteiger partial charge on any atom is -0.464 e. The van der Waals surface area contributed by atoms with Crippen LogP contribution in [0.1, 0.15) is 22.8 Å². The molecular weight excluding hydrogens is 566 g/mol. The highest BCUT2D eigenvalue weighted by Gasteiger charge is 2.31. The lowest BCUT2D eigenvalue weighted by Crippen LogP contribution is -2.44. The molecule has 0 unspecified atom stereocenters. The van der Waals surface area contributed by atoms with E-state index in [-0.39, 0.29) is 34.8 Å². The van der Waals surface area contributed by atoms with Crippen molar-refractivity contribution in [2.24, 2.45) is 0 Å². The minimum atomic E-state index is -4.73. The van der Waals surface area contributed by atoms with Gasteiger partial charge in [0.05, 0.1) is 30.0 Å². The monoisotopic (exact) mass is 589 g/mol. The maximum absolute atomic E-state index is 14.0. The molecule has 2 aromatic heterocycles. The number of amides is 3. The molecule has 16 heteroatoms. The highest BCUT2D eigenvalue weighted by atomic mass is 19.4. The van der Waals surface area contributed by atoms with Gasteiger partial charge in [0.2, 0.25) is 0 Å². The molecule has 0 aliphatic rings. The number of carbonyl (C=O) groups excluding carboxylic acids is 3. The Morgan fingerprint density at radius 1 is 1.12 bits per heavy atom. The van der Waals surface area contributed by atoms with E-state index in [1.54, 1.807) is 6.92 Å². The third-order valence-corrected chi connectivity index (χ3v) is 5.88. The van der Waals surface area contributed by atoms with Gasteiger partial charge in [-0.15, -0.1) is 0 Å². The van der Waals surface area contributed by atoms with Crippen LogP contribution in [0.25, 0.3) is 16.6 Å². The fraction of sp³-hybridized carbons (Fsp3) is 0.192. The number of hydrogen-bond acceptors (Lipinski definition) is 8. The van der Waals surface area contributed by atoms with E-state index in [1.807, 2.05) is 5.32 Å². The summed E-state index contributed by atoms with van der Waals surface area (Å²) < 4.78 is 59.1. The molecule has 0 spiro atoms. The first kappa shape index (κ1) is 29.7. The zero-order chi connectivity index (χ0) is 30.6. The SMILES string of the molecule is CCOC(=O)[C@H](CO)NC(=O)c1cn2ncnc(N)c2c1-c1ccc(NC(=O)Nc2cc(C(F)(F)F)ccc2F)cc1. The van der Waals surface area contributed by atoms with Crippen molar-refractivity contribution in [3.63, 3.8) is 0 Å². The standard InChI is InChI=1S/C26H23F4N7O5/c1-2-42-24(40)19(11-38)35-23(39)16-10-37-21(22(31)32-12-33-37)20(16)13-3-6-15(7-4-13)34-25(41)36-18-9-14(26(28,29)30)5-8-17(18)27/h3-10,12,19,38H,2,11H2,1H3,(H,35,39)(H2,31,32,33)(H2,34,36,41)/t19-/m0/s1. The number of aromatic nitrogens is 3. The van der Waals surface area contributed by atoms with E-state index in [0.29, 0.717) is 23.8 Å². The number of urea groups is 1. The third-order valence-electron chi connectivity index (χ3n) is 5.88. The van der Waals surface area contributed by atoms with E-state index in [1.165, 1.54) is 41.3 Å². The Morgan fingerprint density at radius 2 is 1.83 bits per heavy atom. The van der Waals surface area contributed by atoms with Gasteiger partial charge in [0.25, 0.3) is 5.91 Å². The van der Waals surface area contributed by atoms with Gasteiger partial charge in [-0.05, 0) is 42.8 Å². The molecule has 0 radical (unpaired) electrons. The molecule has 2 heterocycles. The largest absolute Gasteiger partial charge is 0.464 e. The molecule has 0 fully saturated rings. The maximum Gasteiger partial charge on any atom is 0.416 e. The molecule has 0 bridgehead atoms. The topological polar surface area (TPSA) is 173 Å². The number of ether oxygens (including phenoxy) is 1. The first-order valence-electron chi connectivity index (χ1n) is 12.2. The Hall–Kier alpha value is -5.25. The highest BCUT2D eigenvalue weighted by molar-refractivity contribution is 6.08. The summed E-state index contributed by atoms with van der Waals surface area (Å²) in [5.74, 6) is -2.64. The second kappa shape index (κ2) is 12.1. The highest BCUT2D eigenvalue weighted by Crippen LogP contribution is 2.34. The van der Waals surface area contributed by atoms with Crippen molar-refractivity contribution in [1.29, 1.82) is 0 Å². The summed E-state index contributed by atoms with van der Waals surface area (Å²) >= 11 is 0. The van der Waals surface area contributed by atoms with Crippen molar-refractivity contribution in [3.05, 3.63) is 71.9 Å². The van der Waals surface area contributed by atoms with Crippen molar-refractivity contribution >= 4 is 40.6 Å². The first-order chi connectivity index (χ1) is 19.9. The number of anilines is 3. The van der Waals surface area contributed by atoms with Crippen LogP contribution in [0.2, 0.25) is 0 Å². The predicted octanol–water partition coefficient (Wildman–Crippen LogP) is 3.43. The number of fused-ring (bicyclic) bond motifs is 1. The van der Waals surface area contributed by atoms with E-state index >= 15 is 0 Å². The molecule has 12 nitrogen and oxygen atoms in total. The zero-order valence-electron chi connectivity index (χ0n) is 21.7. The smallest absolute Gasteiger partial charge is 0.416 e. The molecule has 6 N–H and O–H groups in total. The molecular formula is C26H23F4N7O5. The number of benzene rings is 2. The van der Waals surface area contributed by atoms with Gasteiger partial charge in [-0.3, -0.25) is 4.79 Å². The van der Waals surface area contributed by atoms with E-state index in [0.717, 1.165) is 0 Å². The number of carbonyl (C=O) groups is 3. The third kappa shape index (κ3) is 6.38. The van der Waals surface area contributed by atoms with Crippen LogP contribution in [0.3, 0.4) is 0 Å². The van der Waals surface area contributed by atoms with Crippen LogP contribution in [-0.2, 0) is 15.7 Å². The van der Waals surface area contributed by atoms with Crippen LogP contribution in [0, 0.1) is 5.82 Å². The molecule has 4 aromatic rings. The van der Waals surface area contributed by atoms with Crippen LogP contribution in [0.15, 0.2) is 55.0 Å². The summed E-state index contributed by atoms with van der Waals surface area (Å²) in [4.78, 5) is 41.6. The average Bonchev–Trinajstić information content (AvgIpc) is 3.34. The molecule has 1 atom stereocenters. The van der Waals surface area contributed by atoms with Gasteiger partial charge in [-0.1, -0.05) is 12.1 Å². The summed E-state index contributed by atoms with van der Waals surface area (Å²) in [6.07, 6.45) is -2.22. The number of aliphatic hydroxyl groups is 1. The second-order valence-corrected chi connectivity index (χ2v) is 8.67. The Labute approximate surface area is 234 Å². The van der Waals surface area contributed by atoms with Crippen LogP contribution in [0.5, 0.6) is 0 Å². The lowest BCUT2D eigenvalue weighted by molar-refractivity contribution is -0.146. The first-order valence-corrected chi connectivity index (χ1v) is 12.2. The average molecular weight is 590 g/mol. The van der Waals surface area contributed by atoms with Crippen molar-refractivity contribution in [3.8, 4) is 11.1 Å². The molecule has 0 saturated carbocycles. The molecule has 2 aromatic carbocycles. The van der Waals surface area contributed by atoms with Crippen LogP contribution >= 0.6 is 0 Å². The Bertz CT molecular complexity index is 1640. The number of nitrogens with one attached hydrogen (secondary N) is 3. The van der Waals surface area contributed by atoms with Crippen molar-refractivity contribution < 1.29 is 41.8 Å². The molecule has 0 aliphatic heterocycles. The lowest BCUT2D eigenvalue weighted by atomic mass is 10.0. The lowest BCUT2D eigenvalue weighted by Gasteiger charge is -2.15. The van der Waals surface area contributed by atoms with Crippen molar-refractivity contribution in [2.75, 3.05) is 29.6 Å². The molecule has 0 aliphatic carbocycles. The van der Waals surface area contributed by atoms with E-state index in [2.05, 4.69) is 20.7 Å². The number of halogens is 4. The summed E-state index contributed by atoms with van der Waals surface area (Å²) in [6.45, 7) is 0.883. The second-order valence-electron chi connectivity index (χ2n) is 8.67.